The highest BCUT2D eigenvalue weighted by molar-refractivity contribution is 5.82. The first-order valence-corrected chi connectivity index (χ1v) is 5.99. The molecule has 0 aromatic carbocycles. The van der Waals surface area contributed by atoms with Crippen molar-refractivity contribution in [1.29, 1.82) is 0 Å². The van der Waals surface area contributed by atoms with E-state index in [4.69, 9.17) is 4.74 Å². The Morgan fingerprint density at radius 2 is 1.58 bits per heavy atom. The third-order valence-electron chi connectivity index (χ3n) is 2.61. The van der Waals surface area contributed by atoms with Crippen molar-refractivity contribution in [1.82, 2.24) is 9.80 Å². The van der Waals surface area contributed by atoms with Crippen LogP contribution in [0, 0.1) is 5.92 Å². The molecule has 0 aromatic rings. The van der Waals surface area contributed by atoms with Gasteiger partial charge in [0.15, 0.2) is 0 Å². The first-order chi connectivity index (χ1) is 8.71. The summed E-state index contributed by atoms with van der Waals surface area (Å²) in [4.78, 5) is 24.5. The Morgan fingerprint density at radius 3 is 2.00 bits per heavy atom. The van der Waals surface area contributed by atoms with Crippen molar-refractivity contribution in [3.63, 3.8) is 0 Å². The minimum Gasteiger partial charge on any atom is -0.449 e. The van der Waals surface area contributed by atoms with E-state index in [-0.39, 0.29) is 38.7 Å². The van der Waals surface area contributed by atoms with Gasteiger partial charge in [-0.25, -0.2) is 4.79 Å². The van der Waals surface area contributed by atoms with E-state index in [0.717, 1.165) is 0 Å². The average Bonchev–Trinajstić information content (AvgIpc) is 2.34. The number of nitrogens with zero attached hydrogens (tertiary/aromatic N) is 2. The summed E-state index contributed by atoms with van der Waals surface area (Å²) in [5, 5.41) is 0. The molecule has 1 rings (SSSR count). The van der Waals surface area contributed by atoms with E-state index in [1.165, 1.54) is 4.90 Å². The van der Waals surface area contributed by atoms with Crippen LogP contribution in [0.25, 0.3) is 0 Å². The zero-order valence-electron chi connectivity index (χ0n) is 10.9. The van der Waals surface area contributed by atoms with Gasteiger partial charge in [-0.3, -0.25) is 4.79 Å². The lowest BCUT2D eigenvalue weighted by Gasteiger charge is -2.34. The number of halogens is 3. The first-order valence-electron chi connectivity index (χ1n) is 5.99. The zero-order valence-corrected chi connectivity index (χ0v) is 10.9. The van der Waals surface area contributed by atoms with Crippen LogP contribution in [-0.2, 0) is 9.53 Å². The Hall–Kier alpha value is -1.47. The second-order valence-corrected chi connectivity index (χ2v) is 4.75. The van der Waals surface area contributed by atoms with Crippen molar-refractivity contribution in [2.45, 2.75) is 20.0 Å². The molecule has 8 heteroatoms. The highest BCUT2D eigenvalue weighted by atomic mass is 19.4. The molecule has 0 saturated carbocycles. The van der Waals surface area contributed by atoms with E-state index in [1.807, 2.05) is 13.8 Å². The molecular formula is C11H17F3N2O3. The number of hydrogen-bond acceptors (Lipinski definition) is 3. The largest absolute Gasteiger partial charge is 0.471 e. The lowest BCUT2D eigenvalue weighted by molar-refractivity contribution is -0.186. The lowest BCUT2D eigenvalue weighted by atomic mass is 10.2. The smallest absolute Gasteiger partial charge is 0.449 e. The summed E-state index contributed by atoms with van der Waals surface area (Å²) >= 11 is 0. The molecule has 1 aliphatic heterocycles. The van der Waals surface area contributed by atoms with Gasteiger partial charge < -0.3 is 14.5 Å². The van der Waals surface area contributed by atoms with E-state index < -0.39 is 18.2 Å². The van der Waals surface area contributed by atoms with Crippen LogP contribution in [0.2, 0.25) is 0 Å². The van der Waals surface area contributed by atoms with Crippen LogP contribution in [0.15, 0.2) is 0 Å². The predicted octanol–water partition coefficient (Wildman–Crippen LogP) is 1.49. The molecule has 0 N–H and O–H groups in total. The maximum atomic E-state index is 12.2. The van der Waals surface area contributed by atoms with Crippen molar-refractivity contribution >= 4 is 12.0 Å². The summed E-state index contributed by atoms with van der Waals surface area (Å²) < 4.78 is 41.6. The number of piperazine rings is 1. The normalized spacial score (nSPS) is 16.7. The Bertz CT molecular complexity index is 337. The van der Waals surface area contributed by atoms with Crippen molar-refractivity contribution in [2.75, 3.05) is 32.8 Å². The van der Waals surface area contributed by atoms with Gasteiger partial charge in [0, 0.05) is 26.2 Å². The molecule has 1 saturated heterocycles. The standard InChI is InChI=1S/C11H17F3N2O3/c1-8(2)7-19-10(18)16-5-3-15(4-6-16)9(17)11(12,13)14/h8H,3-7H2,1-2H3. The maximum Gasteiger partial charge on any atom is 0.471 e. The number of amides is 2. The van der Waals surface area contributed by atoms with Gasteiger partial charge in [-0.15, -0.1) is 0 Å². The van der Waals surface area contributed by atoms with Gasteiger partial charge in [0.1, 0.15) is 0 Å². The Kier molecular flexibility index (Phi) is 5.02. The molecule has 5 nitrogen and oxygen atoms in total. The summed E-state index contributed by atoms with van der Waals surface area (Å²) in [6.07, 6.45) is -5.41. The number of ether oxygens (including phenoxy) is 1. The minimum absolute atomic E-state index is 0.0543. The minimum atomic E-state index is -4.86. The first kappa shape index (κ1) is 15.6. The quantitative estimate of drug-likeness (QED) is 0.771. The van der Waals surface area contributed by atoms with Crippen LogP contribution in [-0.4, -0.2) is 60.8 Å². The summed E-state index contributed by atoms with van der Waals surface area (Å²) in [7, 11) is 0. The molecule has 0 aliphatic carbocycles. The van der Waals surface area contributed by atoms with Gasteiger partial charge >= 0.3 is 18.2 Å². The second-order valence-electron chi connectivity index (χ2n) is 4.75. The molecule has 110 valence electrons. The van der Waals surface area contributed by atoms with E-state index in [9.17, 15) is 22.8 Å². The third-order valence-corrected chi connectivity index (χ3v) is 2.61. The predicted molar refractivity (Wildman–Crippen MR) is 60.4 cm³/mol. The molecule has 0 bridgehead atoms. The van der Waals surface area contributed by atoms with E-state index in [1.54, 1.807) is 0 Å². The van der Waals surface area contributed by atoms with E-state index in [0.29, 0.717) is 4.90 Å². The molecule has 0 aromatic heterocycles. The number of hydrogen-bond donors (Lipinski definition) is 0. The Morgan fingerprint density at radius 1 is 1.11 bits per heavy atom. The van der Waals surface area contributed by atoms with Crippen molar-refractivity contribution in [2.24, 2.45) is 5.92 Å². The Labute approximate surface area is 109 Å². The maximum absolute atomic E-state index is 12.2. The molecular weight excluding hydrogens is 265 g/mol. The SMILES string of the molecule is CC(C)COC(=O)N1CCN(C(=O)C(F)(F)F)CC1. The third kappa shape index (κ3) is 4.60. The van der Waals surface area contributed by atoms with Gasteiger partial charge in [0.25, 0.3) is 0 Å². The molecule has 1 fully saturated rings. The fraction of sp³-hybridized carbons (Fsp3) is 0.818. The van der Waals surface area contributed by atoms with Gasteiger partial charge in [-0.2, -0.15) is 13.2 Å². The number of carbonyl (C=O) groups is 2. The topological polar surface area (TPSA) is 49.9 Å². The van der Waals surface area contributed by atoms with Crippen LogP contribution in [0.3, 0.4) is 0 Å². The van der Waals surface area contributed by atoms with Crippen LogP contribution in [0.5, 0.6) is 0 Å². The molecule has 0 atom stereocenters. The molecule has 2 amide bonds. The fourth-order valence-electron chi connectivity index (χ4n) is 1.60. The van der Waals surface area contributed by atoms with Crippen LogP contribution >= 0.6 is 0 Å². The van der Waals surface area contributed by atoms with E-state index >= 15 is 0 Å². The summed E-state index contributed by atoms with van der Waals surface area (Å²) in [6.45, 7) is 3.88. The highest BCUT2D eigenvalue weighted by Crippen LogP contribution is 2.19. The molecule has 0 radical (unpaired) electrons. The average molecular weight is 282 g/mol. The number of carbonyl (C=O) groups excluding carboxylic acids is 2. The molecule has 0 unspecified atom stereocenters. The summed E-state index contributed by atoms with van der Waals surface area (Å²) in [6, 6.07) is 0. The van der Waals surface area contributed by atoms with Crippen molar-refractivity contribution in [3.05, 3.63) is 0 Å². The van der Waals surface area contributed by atoms with Crippen LogP contribution in [0.4, 0.5) is 18.0 Å². The van der Waals surface area contributed by atoms with Crippen molar-refractivity contribution in [3.8, 4) is 0 Å². The summed E-state index contributed by atoms with van der Waals surface area (Å²) in [5.41, 5.74) is 0. The van der Waals surface area contributed by atoms with Crippen LogP contribution in [0.1, 0.15) is 13.8 Å². The zero-order chi connectivity index (χ0) is 14.6. The second kappa shape index (κ2) is 6.12. The molecule has 0 spiro atoms. The van der Waals surface area contributed by atoms with Crippen LogP contribution < -0.4 is 0 Å². The summed E-state index contributed by atoms with van der Waals surface area (Å²) in [5.74, 6) is -1.67. The van der Waals surface area contributed by atoms with Gasteiger partial charge in [-0.1, -0.05) is 13.8 Å². The monoisotopic (exact) mass is 282 g/mol. The Balaban J connectivity index is 2.41. The molecule has 1 aliphatic rings. The van der Waals surface area contributed by atoms with Gasteiger partial charge in [0.05, 0.1) is 6.61 Å². The number of alkyl halides is 3. The molecule has 1 heterocycles. The highest BCUT2D eigenvalue weighted by Gasteiger charge is 2.43. The number of rotatable bonds is 2. The fourth-order valence-corrected chi connectivity index (χ4v) is 1.60. The van der Waals surface area contributed by atoms with Gasteiger partial charge in [0.2, 0.25) is 0 Å². The molecule has 19 heavy (non-hydrogen) atoms. The van der Waals surface area contributed by atoms with Crippen molar-refractivity contribution < 1.29 is 27.5 Å². The van der Waals surface area contributed by atoms with Gasteiger partial charge in [-0.05, 0) is 5.92 Å². The van der Waals surface area contributed by atoms with E-state index in [2.05, 4.69) is 0 Å². The lowest BCUT2D eigenvalue weighted by Crippen LogP contribution is -2.53.